The van der Waals surface area contributed by atoms with Crippen LogP contribution < -0.4 is 0 Å². The molecule has 4 nitrogen and oxygen atoms in total. The van der Waals surface area contributed by atoms with E-state index in [0.717, 1.165) is 24.9 Å². The van der Waals surface area contributed by atoms with Crippen LogP contribution in [-0.4, -0.2) is 35.4 Å². The van der Waals surface area contributed by atoms with E-state index in [-0.39, 0.29) is 5.97 Å². The molecule has 0 radical (unpaired) electrons. The SMILES string of the molecule is C=C(C)C(=O)OCCCCCCCCCCCCCC[Si](CC)(OC)OC. The lowest BCUT2D eigenvalue weighted by Gasteiger charge is -2.25. The number of hydrogen-bond donors (Lipinski definition) is 0. The Kier molecular flexibility index (Phi) is 17.0. The fraction of sp³-hybridized carbons (Fsp3) is 0.864. The van der Waals surface area contributed by atoms with Gasteiger partial charge in [0.1, 0.15) is 0 Å². The average Bonchev–Trinajstić information content (AvgIpc) is 2.68. The monoisotopic (exact) mass is 400 g/mol. The third-order valence-corrected chi connectivity index (χ3v) is 9.00. The van der Waals surface area contributed by atoms with Crippen molar-refractivity contribution in [3.63, 3.8) is 0 Å². The van der Waals surface area contributed by atoms with E-state index in [9.17, 15) is 4.79 Å². The first-order valence-electron chi connectivity index (χ1n) is 10.9. The molecule has 0 unspecified atom stereocenters. The van der Waals surface area contributed by atoms with E-state index in [0.29, 0.717) is 12.2 Å². The summed E-state index contributed by atoms with van der Waals surface area (Å²) in [6.45, 7) is 7.97. The summed E-state index contributed by atoms with van der Waals surface area (Å²) in [7, 11) is 1.75. The van der Waals surface area contributed by atoms with Crippen molar-refractivity contribution in [3.05, 3.63) is 12.2 Å². The summed E-state index contributed by atoms with van der Waals surface area (Å²) in [6, 6.07) is 2.17. The van der Waals surface area contributed by atoms with Crippen molar-refractivity contribution >= 4 is 14.5 Å². The maximum absolute atomic E-state index is 11.2. The summed E-state index contributed by atoms with van der Waals surface area (Å²) in [5.74, 6) is -0.265. The Balaban J connectivity index is 3.30. The van der Waals surface area contributed by atoms with Gasteiger partial charge in [0.05, 0.1) is 6.61 Å². The summed E-state index contributed by atoms with van der Waals surface area (Å²) in [5, 5.41) is 0. The lowest BCUT2D eigenvalue weighted by molar-refractivity contribution is -0.139. The number of hydrogen-bond acceptors (Lipinski definition) is 4. The molecule has 0 aromatic carbocycles. The normalized spacial score (nSPS) is 11.6. The molecule has 0 bridgehead atoms. The average molecular weight is 401 g/mol. The van der Waals surface area contributed by atoms with E-state index in [4.69, 9.17) is 13.6 Å². The van der Waals surface area contributed by atoms with Gasteiger partial charge in [-0.15, -0.1) is 0 Å². The van der Waals surface area contributed by atoms with Crippen LogP contribution in [0.5, 0.6) is 0 Å². The number of rotatable bonds is 19. The second-order valence-corrected chi connectivity index (χ2v) is 11.4. The van der Waals surface area contributed by atoms with E-state index in [1.54, 1.807) is 21.1 Å². The molecule has 0 heterocycles. The highest BCUT2D eigenvalue weighted by molar-refractivity contribution is 6.67. The highest BCUT2D eigenvalue weighted by Crippen LogP contribution is 2.21. The molecule has 0 aromatic rings. The minimum absolute atomic E-state index is 0.265. The first-order valence-corrected chi connectivity index (χ1v) is 13.2. The molecular formula is C22H44O4Si. The molecule has 0 aliphatic heterocycles. The van der Waals surface area contributed by atoms with E-state index >= 15 is 0 Å². The molecule has 0 aliphatic carbocycles. The van der Waals surface area contributed by atoms with Crippen LogP contribution in [0.4, 0.5) is 0 Å². The molecule has 0 aliphatic rings. The van der Waals surface area contributed by atoms with Gasteiger partial charge in [-0.2, -0.15) is 0 Å². The van der Waals surface area contributed by atoms with Gasteiger partial charge in [0.25, 0.3) is 0 Å². The largest absolute Gasteiger partial charge is 0.462 e. The lowest BCUT2D eigenvalue weighted by atomic mass is 10.1. The summed E-state index contributed by atoms with van der Waals surface area (Å²) in [4.78, 5) is 11.2. The van der Waals surface area contributed by atoms with E-state index in [1.807, 2.05) is 0 Å². The number of carbonyl (C=O) groups excluding carboxylic acids is 1. The van der Waals surface area contributed by atoms with Crippen molar-refractivity contribution in [3.8, 4) is 0 Å². The molecule has 0 rings (SSSR count). The molecule has 0 N–H and O–H groups in total. The Morgan fingerprint density at radius 1 is 0.778 bits per heavy atom. The maximum Gasteiger partial charge on any atom is 0.337 e. The molecular weight excluding hydrogens is 356 g/mol. The first-order chi connectivity index (χ1) is 13.0. The van der Waals surface area contributed by atoms with Gasteiger partial charge in [-0.25, -0.2) is 4.79 Å². The highest BCUT2D eigenvalue weighted by atomic mass is 28.4. The van der Waals surface area contributed by atoms with Crippen LogP contribution in [0.2, 0.25) is 12.1 Å². The summed E-state index contributed by atoms with van der Waals surface area (Å²) in [6.07, 6.45) is 15.3. The van der Waals surface area contributed by atoms with Crippen molar-refractivity contribution in [1.82, 2.24) is 0 Å². The molecule has 27 heavy (non-hydrogen) atoms. The zero-order valence-corrected chi connectivity index (χ0v) is 19.4. The molecule has 0 spiro atoms. The molecule has 0 saturated carbocycles. The van der Waals surface area contributed by atoms with Gasteiger partial charge in [-0.3, -0.25) is 0 Å². The molecule has 0 aromatic heterocycles. The zero-order valence-electron chi connectivity index (χ0n) is 18.4. The fourth-order valence-corrected chi connectivity index (χ4v) is 5.60. The van der Waals surface area contributed by atoms with Crippen LogP contribution in [0.25, 0.3) is 0 Å². The summed E-state index contributed by atoms with van der Waals surface area (Å²) < 4.78 is 16.4. The van der Waals surface area contributed by atoms with Gasteiger partial charge < -0.3 is 13.6 Å². The fourth-order valence-electron chi connectivity index (χ4n) is 3.31. The first kappa shape index (κ1) is 26.3. The number of esters is 1. The standard InChI is InChI=1S/C22H44O4Si/c1-6-27(24-4,25-5)20-18-16-14-12-10-8-7-9-11-13-15-17-19-26-22(23)21(2)3/h2,6-20H2,1,3-5H3. The van der Waals surface area contributed by atoms with Crippen molar-refractivity contribution in [1.29, 1.82) is 0 Å². The minimum Gasteiger partial charge on any atom is -0.462 e. The van der Waals surface area contributed by atoms with Gasteiger partial charge in [0, 0.05) is 19.8 Å². The van der Waals surface area contributed by atoms with Crippen LogP contribution in [-0.2, 0) is 18.4 Å². The van der Waals surface area contributed by atoms with Crippen LogP contribution in [0, 0.1) is 0 Å². The van der Waals surface area contributed by atoms with E-state index in [2.05, 4.69) is 13.5 Å². The Hall–Kier alpha value is -0.653. The van der Waals surface area contributed by atoms with Crippen molar-refractivity contribution < 1.29 is 18.4 Å². The van der Waals surface area contributed by atoms with Gasteiger partial charge in [0.15, 0.2) is 0 Å². The molecule has 0 fully saturated rings. The topological polar surface area (TPSA) is 44.8 Å². The van der Waals surface area contributed by atoms with Gasteiger partial charge >= 0.3 is 14.5 Å². The van der Waals surface area contributed by atoms with E-state index < -0.39 is 8.56 Å². The van der Waals surface area contributed by atoms with Gasteiger partial charge in [-0.1, -0.05) is 84.1 Å². The number of unbranched alkanes of at least 4 members (excludes halogenated alkanes) is 11. The zero-order chi connectivity index (χ0) is 20.4. The predicted molar refractivity (Wildman–Crippen MR) is 116 cm³/mol. The quantitative estimate of drug-likeness (QED) is 0.107. The van der Waals surface area contributed by atoms with Gasteiger partial charge in [0.2, 0.25) is 0 Å². The molecule has 5 heteroatoms. The van der Waals surface area contributed by atoms with Crippen molar-refractivity contribution in [2.75, 3.05) is 20.8 Å². The van der Waals surface area contributed by atoms with Crippen molar-refractivity contribution in [2.45, 2.75) is 103 Å². The predicted octanol–water partition coefficient (Wildman–Crippen LogP) is 6.54. The second kappa shape index (κ2) is 17.4. The van der Waals surface area contributed by atoms with Crippen LogP contribution in [0.15, 0.2) is 12.2 Å². The Morgan fingerprint density at radius 3 is 1.56 bits per heavy atom. The second-order valence-electron chi connectivity index (χ2n) is 7.58. The van der Waals surface area contributed by atoms with Crippen LogP contribution >= 0.6 is 0 Å². The number of carbonyl (C=O) groups is 1. The number of ether oxygens (including phenoxy) is 1. The maximum atomic E-state index is 11.2. The summed E-state index contributed by atoms with van der Waals surface area (Å²) in [5.41, 5.74) is 0.482. The van der Waals surface area contributed by atoms with Crippen LogP contribution in [0.3, 0.4) is 0 Å². The molecule has 0 amide bonds. The van der Waals surface area contributed by atoms with E-state index in [1.165, 1.54) is 64.2 Å². The Morgan fingerprint density at radius 2 is 1.19 bits per heavy atom. The van der Waals surface area contributed by atoms with Crippen LogP contribution in [0.1, 0.15) is 90.9 Å². The van der Waals surface area contributed by atoms with Gasteiger partial charge in [-0.05, 0) is 25.4 Å². The molecule has 0 saturated heterocycles. The van der Waals surface area contributed by atoms with Crippen molar-refractivity contribution in [2.24, 2.45) is 0 Å². The molecule has 0 atom stereocenters. The minimum atomic E-state index is -1.86. The third-order valence-electron chi connectivity index (χ3n) is 5.32. The lowest BCUT2D eigenvalue weighted by Crippen LogP contribution is -2.38. The Labute approximate surface area is 169 Å². The summed E-state index contributed by atoms with van der Waals surface area (Å²) >= 11 is 0. The Bertz CT molecular complexity index is 372. The third kappa shape index (κ3) is 14.1. The molecule has 160 valence electrons. The highest BCUT2D eigenvalue weighted by Gasteiger charge is 2.32. The smallest absolute Gasteiger partial charge is 0.337 e.